The highest BCUT2D eigenvalue weighted by atomic mass is 19.1. The molecule has 1 saturated heterocycles. The summed E-state index contributed by atoms with van der Waals surface area (Å²) in [6, 6.07) is 5.64. The van der Waals surface area contributed by atoms with Crippen molar-refractivity contribution in [2.75, 3.05) is 13.1 Å². The first kappa shape index (κ1) is 16.4. The predicted octanol–water partition coefficient (Wildman–Crippen LogP) is 3.73. The highest BCUT2D eigenvalue weighted by molar-refractivity contribution is 5.27. The summed E-state index contributed by atoms with van der Waals surface area (Å²) in [5.41, 5.74) is 2.43. The van der Waals surface area contributed by atoms with E-state index >= 15 is 0 Å². The van der Waals surface area contributed by atoms with E-state index in [0.717, 1.165) is 31.6 Å². The van der Waals surface area contributed by atoms with E-state index in [9.17, 15) is 4.39 Å². The Morgan fingerprint density at radius 2 is 2.14 bits per heavy atom. The maximum atomic E-state index is 13.5. The second-order valence-electron chi connectivity index (χ2n) is 7.03. The van der Waals surface area contributed by atoms with Gasteiger partial charge in [-0.3, -0.25) is 4.90 Å². The van der Waals surface area contributed by atoms with Crippen LogP contribution in [-0.4, -0.2) is 29.6 Å². The summed E-state index contributed by atoms with van der Waals surface area (Å²) in [6.07, 6.45) is 1.10. The third-order valence-corrected chi connectivity index (χ3v) is 5.16. The Balaban J connectivity index is 2.22. The largest absolute Gasteiger partial charge is 0.311 e. The van der Waals surface area contributed by atoms with E-state index in [2.05, 4.69) is 44.8 Å². The number of halogens is 1. The van der Waals surface area contributed by atoms with E-state index in [4.69, 9.17) is 0 Å². The van der Waals surface area contributed by atoms with Crippen molar-refractivity contribution in [2.45, 2.75) is 59.2 Å². The summed E-state index contributed by atoms with van der Waals surface area (Å²) in [5, 5.41) is 3.69. The Hall–Kier alpha value is -0.930. The van der Waals surface area contributed by atoms with E-state index in [1.165, 1.54) is 5.56 Å². The van der Waals surface area contributed by atoms with Crippen molar-refractivity contribution >= 4 is 0 Å². The Morgan fingerprint density at radius 3 is 2.76 bits per heavy atom. The fraction of sp³-hybridized carbons (Fsp3) is 0.667. The summed E-state index contributed by atoms with van der Waals surface area (Å²) in [6.45, 7) is 14.0. The Morgan fingerprint density at radius 1 is 1.43 bits per heavy atom. The van der Waals surface area contributed by atoms with E-state index in [1.807, 2.05) is 6.07 Å². The Labute approximate surface area is 128 Å². The molecule has 1 fully saturated rings. The van der Waals surface area contributed by atoms with Crippen molar-refractivity contribution in [1.29, 1.82) is 0 Å². The molecule has 2 atom stereocenters. The van der Waals surface area contributed by atoms with Crippen molar-refractivity contribution in [2.24, 2.45) is 5.92 Å². The molecule has 118 valence electrons. The third kappa shape index (κ3) is 3.64. The molecule has 1 aromatic carbocycles. The molecule has 21 heavy (non-hydrogen) atoms. The van der Waals surface area contributed by atoms with Crippen molar-refractivity contribution < 1.29 is 4.39 Å². The van der Waals surface area contributed by atoms with Gasteiger partial charge < -0.3 is 5.32 Å². The molecule has 0 amide bonds. The molecule has 0 saturated carbocycles. The number of rotatable bonds is 4. The highest BCUT2D eigenvalue weighted by Crippen LogP contribution is 2.27. The van der Waals surface area contributed by atoms with Crippen LogP contribution in [0, 0.1) is 18.7 Å². The minimum Gasteiger partial charge on any atom is -0.311 e. The van der Waals surface area contributed by atoms with Gasteiger partial charge in [0.2, 0.25) is 0 Å². The van der Waals surface area contributed by atoms with E-state index in [-0.39, 0.29) is 11.4 Å². The molecule has 2 nitrogen and oxygen atoms in total. The lowest BCUT2D eigenvalue weighted by atomic mass is 9.88. The van der Waals surface area contributed by atoms with Gasteiger partial charge in [-0.25, -0.2) is 4.39 Å². The van der Waals surface area contributed by atoms with Gasteiger partial charge in [0, 0.05) is 31.2 Å². The third-order valence-electron chi connectivity index (χ3n) is 5.16. The fourth-order valence-corrected chi connectivity index (χ4v) is 3.05. The zero-order valence-electron chi connectivity index (χ0n) is 14.0. The number of piperazine rings is 1. The predicted molar refractivity (Wildman–Crippen MR) is 86.9 cm³/mol. The first-order chi connectivity index (χ1) is 9.85. The van der Waals surface area contributed by atoms with Crippen LogP contribution in [0.4, 0.5) is 4.39 Å². The molecular weight excluding hydrogens is 263 g/mol. The van der Waals surface area contributed by atoms with Crippen LogP contribution in [-0.2, 0) is 6.54 Å². The van der Waals surface area contributed by atoms with Crippen LogP contribution in [0.5, 0.6) is 0 Å². The van der Waals surface area contributed by atoms with Gasteiger partial charge in [0.05, 0.1) is 0 Å². The number of hydrogen-bond donors (Lipinski definition) is 1. The molecule has 1 aromatic rings. The quantitative estimate of drug-likeness (QED) is 0.909. The normalized spacial score (nSPS) is 27.3. The van der Waals surface area contributed by atoms with Crippen LogP contribution >= 0.6 is 0 Å². The highest BCUT2D eigenvalue weighted by Gasteiger charge is 2.37. The first-order valence-corrected chi connectivity index (χ1v) is 8.09. The van der Waals surface area contributed by atoms with Crippen LogP contribution in [0.15, 0.2) is 18.2 Å². The van der Waals surface area contributed by atoms with E-state index in [1.54, 1.807) is 12.1 Å². The molecule has 1 heterocycles. The maximum Gasteiger partial charge on any atom is 0.123 e. The number of aryl methyl sites for hydroxylation is 1. The van der Waals surface area contributed by atoms with Gasteiger partial charge in [0.25, 0.3) is 0 Å². The topological polar surface area (TPSA) is 15.3 Å². The number of benzene rings is 1. The second-order valence-corrected chi connectivity index (χ2v) is 7.03. The summed E-state index contributed by atoms with van der Waals surface area (Å²) < 4.78 is 13.5. The van der Waals surface area contributed by atoms with Crippen LogP contribution in [0.25, 0.3) is 0 Å². The molecule has 1 N–H and O–H groups in total. The monoisotopic (exact) mass is 292 g/mol. The SMILES string of the molecule is CCC1(C)CNC(C(C)C)CN1Cc1cc(F)ccc1C. The lowest BCUT2D eigenvalue weighted by Gasteiger charge is -2.49. The van der Waals surface area contributed by atoms with Crippen molar-refractivity contribution in [3.05, 3.63) is 35.1 Å². The second kappa shape index (κ2) is 6.45. The summed E-state index contributed by atoms with van der Waals surface area (Å²) in [7, 11) is 0. The van der Waals surface area contributed by atoms with Crippen LogP contribution in [0.3, 0.4) is 0 Å². The molecule has 2 unspecified atom stereocenters. The maximum absolute atomic E-state index is 13.5. The van der Waals surface area contributed by atoms with Crippen LogP contribution in [0.1, 0.15) is 45.2 Å². The van der Waals surface area contributed by atoms with Crippen molar-refractivity contribution in [3.63, 3.8) is 0 Å². The van der Waals surface area contributed by atoms with Gasteiger partial charge in [0.1, 0.15) is 5.82 Å². The summed E-state index contributed by atoms with van der Waals surface area (Å²) in [5.74, 6) is 0.479. The van der Waals surface area contributed by atoms with Crippen molar-refractivity contribution in [1.82, 2.24) is 10.2 Å². The summed E-state index contributed by atoms with van der Waals surface area (Å²) in [4.78, 5) is 2.54. The molecular formula is C18H29FN2. The van der Waals surface area contributed by atoms with Gasteiger partial charge in [-0.1, -0.05) is 26.8 Å². The molecule has 1 aliphatic heterocycles. The smallest absolute Gasteiger partial charge is 0.123 e. The molecule has 0 bridgehead atoms. The number of hydrogen-bond acceptors (Lipinski definition) is 2. The van der Waals surface area contributed by atoms with Gasteiger partial charge in [0.15, 0.2) is 0 Å². The van der Waals surface area contributed by atoms with Crippen LogP contribution < -0.4 is 5.32 Å². The average Bonchev–Trinajstić information content (AvgIpc) is 2.45. The lowest BCUT2D eigenvalue weighted by Crippen LogP contribution is -2.63. The van der Waals surface area contributed by atoms with Crippen molar-refractivity contribution in [3.8, 4) is 0 Å². The van der Waals surface area contributed by atoms with Gasteiger partial charge in [-0.05, 0) is 49.4 Å². The molecule has 2 rings (SSSR count). The molecule has 0 aromatic heterocycles. The standard InChI is InChI=1S/C18H29FN2/c1-6-18(5)12-20-17(13(2)3)11-21(18)10-15-9-16(19)8-7-14(15)4/h7-9,13,17,20H,6,10-12H2,1-5H3. The summed E-state index contributed by atoms with van der Waals surface area (Å²) >= 11 is 0. The van der Waals surface area contributed by atoms with Gasteiger partial charge in [-0.15, -0.1) is 0 Å². The molecule has 3 heteroatoms. The number of nitrogens with zero attached hydrogens (tertiary/aromatic N) is 1. The molecule has 0 aliphatic carbocycles. The minimum atomic E-state index is -0.135. The van der Waals surface area contributed by atoms with E-state index in [0.29, 0.717) is 12.0 Å². The zero-order valence-corrected chi connectivity index (χ0v) is 14.0. The average molecular weight is 292 g/mol. The Bertz CT molecular complexity index is 486. The first-order valence-electron chi connectivity index (χ1n) is 8.09. The zero-order chi connectivity index (χ0) is 15.6. The number of nitrogens with one attached hydrogen (secondary N) is 1. The molecule has 0 spiro atoms. The lowest BCUT2D eigenvalue weighted by molar-refractivity contribution is 0.0314. The van der Waals surface area contributed by atoms with Gasteiger partial charge >= 0.3 is 0 Å². The minimum absolute atomic E-state index is 0.135. The Kier molecular flexibility index (Phi) is 5.05. The van der Waals surface area contributed by atoms with Crippen LogP contribution in [0.2, 0.25) is 0 Å². The molecule has 0 radical (unpaired) electrons. The van der Waals surface area contributed by atoms with Gasteiger partial charge in [-0.2, -0.15) is 0 Å². The fourth-order valence-electron chi connectivity index (χ4n) is 3.05. The molecule has 1 aliphatic rings. The van der Waals surface area contributed by atoms with E-state index < -0.39 is 0 Å².